The molecule has 0 amide bonds. The molecule has 0 saturated carbocycles. The van der Waals surface area contributed by atoms with Gasteiger partial charge in [-0.1, -0.05) is 0 Å². The predicted octanol–water partition coefficient (Wildman–Crippen LogP) is -1.40. The highest BCUT2D eigenvalue weighted by atomic mass is 32.2. The van der Waals surface area contributed by atoms with Crippen LogP contribution in [-0.2, 0) is 22.8 Å². The fourth-order valence-corrected chi connectivity index (χ4v) is 3.10. The fourth-order valence-electron chi connectivity index (χ4n) is 1.58. The summed E-state index contributed by atoms with van der Waals surface area (Å²) >= 11 is 0. The summed E-state index contributed by atoms with van der Waals surface area (Å²) in [5.74, 6) is -0.323. The third kappa shape index (κ3) is 0.872. The molecular weight excluding hydrogens is 208 g/mol. The van der Waals surface area contributed by atoms with E-state index in [1.165, 1.54) is 14.0 Å². The van der Waals surface area contributed by atoms with E-state index in [-0.39, 0.29) is 16.5 Å². The molecule has 0 fully saturated rings. The first-order chi connectivity index (χ1) is 6.36. The number of nitrogens with zero attached hydrogens (tertiary/aromatic N) is 2. The van der Waals surface area contributed by atoms with E-state index in [1.54, 1.807) is 0 Å². The minimum Gasteiger partial charge on any atom is -0.269 e. The van der Waals surface area contributed by atoms with E-state index in [0.717, 1.165) is 9.13 Å². The van der Waals surface area contributed by atoms with Gasteiger partial charge in [-0.2, -0.15) is 0 Å². The van der Waals surface area contributed by atoms with Crippen molar-refractivity contribution in [1.82, 2.24) is 9.13 Å². The van der Waals surface area contributed by atoms with Crippen LogP contribution in [0, 0.1) is 6.92 Å². The molecule has 0 atom stereocenters. The first-order valence-electron chi connectivity index (χ1n) is 3.89. The molecule has 0 bridgehead atoms. The topological polar surface area (TPSA) is 78.1 Å². The van der Waals surface area contributed by atoms with Crippen LogP contribution in [0.4, 0.5) is 0 Å². The van der Waals surface area contributed by atoms with Gasteiger partial charge in [0.2, 0.25) is 9.84 Å². The molecule has 6 nitrogen and oxygen atoms in total. The molecule has 0 unspecified atom stereocenters. The van der Waals surface area contributed by atoms with Crippen LogP contribution in [0.2, 0.25) is 0 Å². The zero-order valence-electron chi connectivity index (χ0n) is 7.64. The van der Waals surface area contributed by atoms with Gasteiger partial charge in [-0.3, -0.25) is 13.9 Å². The molecule has 0 aromatic carbocycles. The van der Waals surface area contributed by atoms with E-state index in [0.29, 0.717) is 0 Å². The molecule has 1 aliphatic rings. The zero-order valence-corrected chi connectivity index (χ0v) is 8.46. The quantitative estimate of drug-likeness (QED) is 0.500. The molecule has 1 aromatic rings. The standard InChI is InChI=1S/C7H8N2O4S/c1-4-5(10)8(2)7(11)9-3-14(12,13)6(4)9/h3H2,1-2H3. The van der Waals surface area contributed by atoms with Gasteiger partial charge in [0.25, 0.3) is 5.56 Å². The summed E-state index contributed by atoms with van der Waals surface area (Å²) in [6, 6.07) is 0. The highest BCUT2D eigenvalue weighted by Crippen LogP contribution is 2.22. The van der Waals surface area contributed by atoms with Crippen LogP contribution in [0.5, 0.6) is 0 Å². The molecule has 2 rings (SSSR count). The lowest BCUT2D eigenvalue weighted by molar-refractivity contribution is 0.498. The van der Waals surface area contributed by atoms with Gasteiger partial charge in [-0.25, -0.2) is 13.2 Å². The summed E-state index contributed by atoms with van der Waals surface area (Å²) in [5, 5.41) is -0.134. The molecule has 0 N–H and O–H groups in total. The smallest absolute Gasteiger partial charge is 0.269 e. The number of fused-ring (bicyclic) bond motifs is 1. The predicted molar refractivity (Wildman–Crippen MR) is 47.9 cm³/mol. The largest absolute Gasteiger partial charge is 0.332 e. The summed E-state index contributed by atoms with van der Waals surface area (Å²) in [7, 11) is -2.05. The minimum absolute atomic E-state index is 0.110. The number of aromatic nitrogens is 2. The van der Waals surface area contributed by atoms with Gasteiger partial charge in [-0.15, -0.1) is 0 Å². The number of rotatable bonds is 0. The van der Waals surface area contributed by atoms with Gasteiger partial charge in [0, 0.05) is 7.05 Å². The Morgan fingerprint density at radius 3 is 2.36 bits per heavy atom. The lowest BCUT2D eigenvalue weighted by Gasteiger charge is -2.23. The van der Waals surface area contributed by atoms with Crippen molar-refractivity contribution in [2.24, 2.45) is 7.05 Å². The van der Waals surface area contributed by atoms with Gasteiger partial charge in [-0.05, 0) is 6.92 Å². The van der Waals surface area contributed by atoms with Crippen molar-refractivity contribution < 1.29 is 8.42 Å². The van der Waals surface area contributed by atoms with Crippen LogP contribution in [0.1, 0.15) is 5.56 Å². The number of hydrogen-bond donors (Lipinski definition) is 0. The molecule has 0 saturated heterocycles. The average molecular weight is 216 g/mol. The van der Waals surface area contributed by atoms with Crippen LogP contribution in [0.15, 0.2) is 14.6 Å². The maximum Gasteiger partial charge on any atom is 0.332 e. The molecule has 7 heteroatoms. The van der Waals surface area contributed by atoms with E-state index in [4.69, 9.17) is 0 Å². The average Bonchev–Trinajstić information content (AvgIpc) is 2.09. The lowest BCUT2D eigenvalue weighted by atomic mass is 10.4. The highest BCUT2D eigenvalue weighted by Gasteiger charge is 2.35. The Balaban J connectivity index is 3.06. The Labute approximate surface area is 79.3 Å². The van der Waals surface area contributed by atoms with Gasteiger partial charge in [0.05, 0.1) is 5.56 Å². The van der Waals surface area contributed by atoms with Crippen LogP contribution in [-0.4, -0.2) is 17.6 Å². The van der Waals surface area contributed by atoms with E-state index in [9.17, 15) is 18.0 Å². The monoisotopic (exact) mass is 216 g/mol. The summed E-state index contributed by atoms with van der Waals surface area (Å²) in [4.78, 5) is 22.7. The summed E-state index contributed by atoms with van der Waals surface area (Å²) < 4.78 is 24.5. The Kier molecular flexibility index (Phi) is 1.55. The second-order valence-corrected chi connectivity index (χ2v) is 5.12. The minimum atomic E-state index is -3.38. The summed E-state index contributed by atoms with van der Waals surface area (Å²) in [6.07, 6.45) is 0. The third-order valence-corrected chi connectivity index (χ3v) is 4.02. The lowest BCUT2D eigenvalue weighted by Crippen LogP contribution is -2.48. The Bertz CT molecular complexity index is 604. The Morgan fingerprint density at radius 1 is 1.29 bits per heavy atom. The molecule has 76 valence electrons. The van der Waals surface area contributed by atoms with Crippen molar-refractivity contribution in [1.29, 1.82) is 0 Å². The van der Waals surface area contributed by atoms with E-state index < -0.39 is 21.1 Å². The van der Waals surface area contributed by atoms with Crippen molar-refractivity contribution in [3.63, 3.8) is 0 Å². The van der Waals surface area contributed by atoms with Crippen molar-refractivity contribution in [3.05, 3.63) is 26.4 Å². The Hall–Kier alpha value is -1.37. The molecule has 0 aliphatic carbocycles. The van der Waals surface area contributed by atoms with Gasteiger partial charge in [0.15, 0.2) is 0 Å². The third-order valence-electron chi connectivity index (χ3n) is 2.30. The number of sulfone groups is 1. The van der Waals surface area contributed by atoms with Crippen LogP contribution in [0.25, 0.3) is 0 Å². The maximum atomic E-state index is 11.4. The van der Waals surface area contributed by atoms with Crippen molar-refractivity contribution in [2.45, 2.75) is 17.8 Å². The molecule has 2 heterocycles. The van der Waals surface area contributed by atoms with E-state index in [1.807, 2.05) is 0 Å². The molecule has 1 aromatic heterocycles. The van der Waals surface area contributed by atoms with Crippen molar-refractivity contribution in [3.8, 4) is 0 Å². The fraction of sp³-hybridized carbons (Fsp3) is 0.429. The second kappa shape index (κ2) is 2.35. The Morgan fingerprint density at radius 2 is 1.86 bits per heavy atom. The second-order valence-electron chi connectivity index (χ2n) is 3.25. The van der Waals surface area contributed by atoms with Crippen molar-refractivity contribution in [2.75, 3.05) is 0 Å². The van der Waals surface area contributed by atoms with Crippen molar-refractivity contribution >= 4 is 9.84 Å². The summed E-state index contributed by atoms with van der Waals surface area (Å²) in [5.41, 5.74) is -1.02. The first-order valence-corrected chi connectivity index (χ1v) is 5.54. The maximum absolute atomic E-state index is 11.4. The molecule has 14 heavy (non-hydrogen) atoms. The van der Waals surface area contributed by atoms with Gasteiger partial charge < -0.3 is 0 Å². The van der Waals surface area contributed by atoms with Crippen LogP contribution in [0.3, 0.4) is 0 Å². The van der Waals surface area contributed by atoms with Gasteiger partial charge >= 0.3 is 5.69 Å². The normalized spacial score (nSPS) is 17.3. The molecule has 0 radical (unpaired) electrons. The molecule has 1 aliphatic heterocycles. The van der Waals surface area contributed by atoms with E-state index in [2.05, 4.69) is 0 Å². The summed E-state index contributed by atoms with van der Waals surface area (Å²) in [6.45, 7) is 1.41. The SMILES string of the molecule is Cc1c2n(c(=O)n(C)c1=O)CS2(=O)=O. The number of hydrogen-bond acceptors (Lipinski definition) is 4. The van der Waals surface area contributed by atoms with Gasteiger partial charge in [0.1, 0.15) is 10.9 Å². The van der Waals surface area contributed by atoms with Crippen LogP contribution < -0.4 is 11.2 Å². The zero-order chi connectivity index (χ0) is 10.7. The first kappa shape index (κ1) is 9.20. The molecular formula is C7H8N2O4S. The highest BCUT2D eigenvalue weighted by molar-refractivity contribution is 7.91. The molecule has 0 spiro atoms. The van der Waals surface area contributed by atoms with E-state index >= 15 is 0 Å². The van der Waals surface area contributed by atoms with Crippen LogP contribution >= 0.6 is 0 Å².